The van der Waals surface area contributed by atoms with E-state index >= 15 is 0 Å². The van der Waals surface area contributed by atoms with Gasteiger partial charge in [-0.1, -0.05) is 32.9 Å². The van der Waals surface area contributed by atoms with E-state index in [2.05, 4.69) is 13.8 Å². The highest BCUT2D eigenvalue weighted by Gasteiger charge is 2.20. The Kier molecular flexibility index (Phi) is 1.64. The third kappa shape index (κ3) is 1.54. The first-order valence-corrected chi connectivity index (χ1v) is 3.71. The van der Waals surface area contributed by atoms with Crippen molar-refractivity contribution in [3.05, 3.63) is 0 Å². The average Bonchev–Trinajstić information content (AvgIpc) is 1.65. The predicted molar refractivity (Wildman–Crippen MR) is 39.8 cm³/mol. The van der Waals surface area contributed by atoms with Crippen LogP contribution in [0.5, 0.6) is 0 Å². The number of hydrogen-bond acceptors (Lipinski definition) is 0. The van der Waals surface area contributed by atoms with Crippen LogP contribution in [-0.2, 0) is 0 Å². The second kappa shape index (κ2) is 2.12. The SMILES string of the molecule is CC1(C)CBCCC1. The maximum absolute atomic E-state index is 2.38. The van der Waals surface area contributed by atoms with E-state index in [1.807, 2.05) is 0 Å². The van der Waals surface area contributed by atoms with E-state index in [9.17, 15) is 0 Å². The monoisotopic (exact) mass is 110 g/mol. The van der Waals surface area contributed by atoms with E-state index in [0.29, 0.717) is 5.41 Å². The molecular weight excluding hydrogens is 94.9 g/mol. The first-order valence-electron chi connectivity index (χ1n) is 3.71. The van der Waals surface area contributed by atoms with Crippen molar-refractivity contribution in [2.45, 2.75) is 39.3 Å². The highest BCUT2D eigenvalue weighted by molar-refractivity contribution is 6.35. The van der Waals surface area contributed by atoms with Crippen molar-refractivity contribution in [1.82, 2.24) is 0 Å². The molecule has 0 nitrogen and oxygen atoms in total. The lowest BCUT2D eigenvalue weighted by Crippen LogP contribution is -2.18. The molecule has 0 aromatic carbocycles. The Morgan fingerprint density at radius 3 is 2.38 bits per heavy atom. The van der Waals surface area contributed by atoms with Crippen LogP contribution in [0, 0.1) is 5.41 Å². The number of hydrogen-bond donors (Lipinski definition) is 0. The fourth-order valence-electron chi connectivity index (χ4n) is 1.51. The standard InChI is InChI=1S/C7H15B/c1-7(2)4-3-5-8-6-7/h8H,3-6H2,1-2H3. The van der Waals surface area contributed by atoms with Crippen LogP contribution in [0.2, 0.25) is 12.6 Å². The van der Waals surface area contributed by atoms with E-state index in [1.165, 1.54) is 32.8 Å². The first kappa shape index (κ1) is 6.19. The summed E-state index contributed by atoms with van der Waals surface area (Å²) in [6.07, 6.45) is 5.84. The molecule has 0 aromatic rings. The van der Waals surface area contributed by atoms with Gasteiger partial charge in [0.1, 0.15) is 7.28 Å². The lowest BCUT2D eigenvalue weighted by atomic mass is 9.55. The predicted octanol–water partition coefficient (Wildman–Crippen LogP) is 2.08. The molecule has 0 aliphatic carbocycles. The van der Waals surface area contributed by atoms with E-state index < -0.39 is 0 Å². The van der Waals surface area contributed by atoms with Crippen LogP contribution >= 0.6 is 0 Å². The molecule has 0 amide bonds. The molecule has 0 radical (unpaired) electrons. The van der Waals surface area contributed by atoms with Gasteiger partial charge in [0.25, 0.3) is 0 Å². The van der Waals surface area contributed by atoms with Crippen molar-refractivity contribution in [2.75, 3.05) is 0 Å². The molecule has 1 aliphatic rings. The quantitative estimate of drug-likeness (QED) is 0.419. The topological polar surface area (TPSA) is 0 Å². The molecule has 8 heavy (non-hydrogen) atoms. The molecule has 0 saturated carbocycles. The average molecular weight is 110 g/mol. The summed E-state index contributed by atoms with van der Waals surface area (Å²) in [7, 11) is 1.47. The zero-order chi connectivity index (χ0) is 6.04. The molecule has 0 N–H and O–H groups in total. The van der Waals surface area contributed by atoms with E-state index in [-0.39, 0.29) is 0 Å². The summed E-state index contributed by atoms with van der Waals surface area (Å²) in [5.74, 6) is 0. The first-order chi connectivity index (χ1) is 3.71. The molecule has 1 saturated heterocycles. The molecule has 0 unspecified atom stereocenters. The van der Waals surface area contributed by atoms with Crippen LogP contribution in [0.3, 0.4) is 0 Å². The third-order valence-electron chi connectivity index (χ3n) is 2.21. The Labute approximate surface area is 52.9 Å². The summed E-state index contributed by atoms with van der Waals surface area (Å²) >= 11 is 0. The molecule has 1 fully saturated rings. The second-order valence-corrected chi connectivity index (χ2v) is 3.72. The molecular formula is C7H15B. The summed E-state index contributed by atoms with van der Waals surface area (Å²) in [5.41, 5.74) is 0.679. The maximum atomic E-state index is 2.38. The Hall–Kier alpha value is 0.0649. The minimum Gasteiger partial charge on any atom is -0.0774 e. The maximum Gasteiger partial charge on any atom is 0.121 e. The van der Waals surface area contributed by atoms with Gasteiger partial charge in [-0.2, -0.15) is 0 Å². The Balaban J connectivity index is 2.33. The minimum atomic E-state index is 0.679. The minimum absolute atomic E-state index is 0.679. The van der Waals surface area contributed by atoms with E-state index in [0.717, 1.165) is 0 Å². The molecule has 0 spiro atoms. The highest BCUT2D eigenvalue weighted by Crippen LogP contribution is 2.32. The van der Waals surface area contributed by atoms with Gasteiger partial charge in [-0.25, -0.2) is 0 Å². The van der Waals surface area contributed by atoms with Gasteiger partial charge in [-0.15, -0.1) is 0 Å². The van der Waals surface area contributed by atoms with Gasteiger partial charge < -0.3 is 0 Å². The summed E-state index contributed by atoms with van der Waals surface area (Å²) < 4.78 is 0. The Bertz CT molecular complexity index is 68.5. The summed E-state index contributed by atoms with van der Waals surface area (Å²) in [4.78, 5) is 0. The van der Waals surface area contributed by atoms with Crippen molar-refractivity contribution in [3.63, 3.8) is 0 Å². The van der Waals surface area contributed by atoms with E-state index in [4.69, 9.17) is 0 Å². The highest BCUT2D eigenvalue weighted by atomic mass is 14.2. The van der Waals surface area contributed by atoms with Gasteiger partial charge in [0.2, 0.25) is 0 Å². The largest absolute Gasteiger partial charge is 0.121 e. The number of rotatable bonds is 0. The Morgan fingerprint density at radius 2 is 2.12 bits per heavy atom. The van der Waals surface area contributed by atoms with Crippen molar-refractivity contribution in [2.24, 2.45) is 5.41 Å². The normalized spacial score (nSPS) is 26.8. The van der Waals surface area contributed by atoms with Crippen LogP contribution < -0.4 is 0 Å². The van der Waals surface area contributed by atoms with Gasteiger partial charge in [0.15, 0.2) is 0 Å². The molecule has 1 rings (SSSR count). The van der Waals surface area contributed by atoms with Crippen LogP contribution in [0.25, 0.3) is 0 Å². The molecule has 0 aromatic heterocycles. The zero-order valence-electron chi connectivity index (χ0n) is 6.04. The molecule has 0 bridgehead atoms. The van der Waals surface area contributed by atoms with Crippen molar-refractivity contribution >= 4 is 7.28 Å². The van der Waals surface area contributed by atoms with Gasteiger partial charge in [-0.05, 0) is 11.8 Å². The molecule has 0 atom stereocenters. The van der Waals surface area contributed by atoms with Gasteiger partial charge >= 0.3 is 0 Å². The fraction of sp³-hybridized carbons (Fsp3) is 1.00. The molecule has 46 valence electrons. The smallest absolute Gasteiger partial charge is 0.0774 e. The van der Waals surface area contributed by atoms with Crippen molar-refractivity contribution < 1.29 is 0 Å². The molecule has 1 heterocycles. The summed E-state index contributed by atoms with van der Waals surface area (Å²) in [6, 6.07) is 0. The zero-order valence-corrected chi connectivity index (χ0v) is 6.04. The summed E-state index contributed by atoms with van der Waals surface area (Å²) in [5, 5.41) is 0. The van der Waals surface area contributed by atoms with Crippen LogP contribution in [0.15, 0.2) is 0 Å². The molecule has 1 heteroatoms. The third-order valence-corrected chi connectivity index (χ3v) is 2.21. The van der Waals surface area contributed by atoms with Crippen molar-refractivity contribution in [1.29, 1.82) is 0 Å². The van der Waals surface area contributed by atoms with Gasteiger partial charge in [0, 0.05) is 0 Å². The lowest BCUT2D eigenvalue weighted by molar-refractivity contribution is 0.358. The van der Waals surface area contributed by atoms with Crippen LogP contribution in [0.4, 0.5) is 0 Å². The van der Waals surface area contributed by atoms with Crippen LogP contribution in [0.1, 0.15) is 26.7 Å². The molecule has 1 aliphatic heterocycles. The fourth-order valence-corrected chi connectivity index (χ4v) is 1.51. The lowest BCUT2D eigenvalue weighted by Gasteiger charge is -2.28. The van der Waals surface area contributed by atoms with Crippen LogP contribution in [-0.4, -0.2) is 7.28 Å². The van der Waals surface area contributed by atoms with Gasteiger partial charge in [0.05, 0.1) is 0 Å². The summed E-state index contributed by atoms with van der Waals surface area (Å²) in [6.45, 7) is 4.76. The van der Waals surface area contributed by atoms with Gasteiger partial charge in [-0.3, -0.25) is 0 Å². The van der Waals surface area contributed by atoms with Crippen molar-refractivity contribution in [3.8, 4) is 0 Å². The second-order valence-electron chi connectivity index (χ2n) is 3.72. The van der Waals surface area contributed by atoms with E-state index in [1.54, 1.807) is 0 Å². The Morgan fingerprint density at radius 1 is 1.38 bits per heavy atom.